The second-order valence-electron chi connectivity index (χ2n) is 7.33. The average Bonchev–Trinajstić information content (AvgIpc) is 3.33. The maximum Gasteiger partial charge on any atom is 0.308 e. The van der Waals surface area contributed by atoms with Crippen molar-refractivity contribution in [2.45, 2.75) is 18.3 Å². The molecular weight excluding hydrogens is 352 g/mol. The summed E-state index contributed by atoms with van der Waals surface area (Å²) in [6, 6.07) is 13.1. The first-order valence-corrected chi connectivity index (χ1v) is 8.97. The second-order valence-corrected chi connectivity index (χ2v) is 7.33. The van der Waals surface area contributed by atoms with Gasteiger partial charge in [-0.15, -0.1) is 0 Å². The molecule has 4 rings (SSSR count). The Kier molecular flexibility index (Phi) is 4.42. The van der Waals surface area contributed by atoms with E-state index in [0.29, 0.717) is 18.5 Å². The molecule has 4 atom stereocenters. The molecule has 140 valence electrons. The summed E-state index contributed by atoms with van der Waals surface area (Å²) in [7, 11) is 0. The lowest BCUT2D eigenvalue weighted by Crippen LogP contribution is -2.31. The lowest BCUT2D eigenvalue weighted by molar-refractivity contribution is -0.142. The van der Waals surface area contributed by atoms with Crippen LogP contribution >= 0.6 is 0 Å². The number of nitrogens with zero attached hydrogens (tertiary/aromatic N) is 1. The monoisotopic (exact) mass is 371 g/mol. The number of carboxylic acid groups (broad SMARTS) is 1. The molecule has 1 heterocycles. The van der Waals surface area contributed by atoms with Crippen LogP contribution in [-0.2, 0) is 9.59 Å². The highest BCUT2D eigenvalue weighted by molar-refractivity contribution is 5.85. The first-order chi connectivity index (χ1) is 13.0. The van der Waals surface area contributed by atoms with E-state index in [2.05, 4.69) is 0 Å². The lowest BCUT2D eigenvalue weighted by Gasteiger charge is -2.17. The Morgan fingerprint density at radius 2 is 1.63 bits per heavy atom. The van der Waals surface area contributed by atoms with Gasteiger partial charge in [-0.1, -0.05) is 36.4 Å². The van der Waals surface area contributed by atoms with Crippen molar-refractivity contribution >= 4 is 11.9 Å². The van der Waals surface area contributed by atoms with E-state index in [1.54, 1.807) is 4.90 Å². The van der Waals surface area contributed by atoms with E-state index in [0.717, 1.165) is 17.7 Å². The third-order valence-electron chi connectivity index (χ3n) is 5.66. The number of halogens is 2. The van der Waals surface area contributed by atoms with Gasteiger partial charge < -0.3 is 10.0 Å². The third-order valence-corrected chi connectivity index (χ3v) is 5.66. The second kappa shape index (κ2) is 6.76. The Labute approximate surface area is 155 Å². The fraction of sp³-hybridized carbons (Fsp3) is 0.333. The van der Waals surface area contributed by atoms with Crippen LogP contribution in [0.3, 0.4) is 0 Å². The molecule has 0 aromatic heterocycles. The number of aliphatic carboxylic acids is 1. The lowest BCUT2D eigenvalue weighted by atomic mass is 9.89. The maximum absolute atomic E-state index is 13.4. The van der Waals surface area contributed by atoms with E-state index in [-0.39, 0.29) is 30.2 Å². The van der Waals surface area contributed by atoms with E-state index >= 15 is 0 Å². The molecule has 4 nitrogen and oxygen atoms in total. The molecule has 1 amide bonds. The summed E-state index contributed by atoms with van der Waals surface area (Å²) < 4.78 is 26.5. The quantitative estimate of drug-likeness (QED) is 0.896. The molecule has 0 bridgehead atoms. The van der Waals surface area contributed by atoms with Crippen LogP contribution < -0.4 is 0 Å². The fourth-order valence-corrected chi connectivity index (χ4v) is 4.09. The van der Waals surface area contributed by atoms with Crippen LogP contribution in [0.2, 0.25) is 0 Å². The van der Waals surface area contributed by atoms with Gasteiger partial charge in [0.1, 0.15) is 0 Å². The molecule has 1 N–H and O–H groups in total. The third kappa shape index (κ3) is 3.31. The van der Waals surface area contributed by atoms with Crippen LogP contribution in [0.1, 0.15) is 29.4 Å². The van der Waals surface area contributed by atoms with Gasteiger partial charge in [0, 0.05) is 24.9 Å². The molecule has 27 heavy (non-hydrogen) atoms. The molecule has 1 aliphatic carbocycles. The van der Waals surface area contributed by atoms with Gasteiger partial charge in [0.05, 0.1) is 5.92 Å². The molecule has 2 aromatic rings. The normalized spacial score (nSPS) is 26.8. The predicted molar refractivity (Wildman–Crippen MR) is 94.1 cm³/mol. The van der Waals surface area contributed by atoms with E-state index < -0.39 is 23.5 Å². The maximum atomic E-state index is 13.4. The summed E-state index contributed by atoms with van der Waals surface area (Å²) in [6.07, 6.45) is 0.578. The summed E-state index contributed by atoms with van der Waals surface area (Å²) in [6.45, 7) is 0.537. The van der Waals surface area contributed by atoms with Gasteiger partial charge >= 0.3 is 5.97 Å². The summed E-state index contributed by atoms with van der Waals surface area (Å²) >= 11 is 0. The van der Waals surface area contributed by atoms with Gasteiger partial charge in [0.25, 0.3) is 0 Å². The van der Waals surface area contributed by atoms with Crippen LogP contribution in [0, 0.1) is 23.5 Å². The molecule has 2 fully saturated rings. The number of likely N-dealkylation sites (tertiary alicyclic amines) is 1. The molecule has 0 spiro atoms. The minimum atomic E-state index is -0.915. The minimum absolute atomic E-state index is 0.102. The van der Waals surface area contributed by atoms with E-state index in [1.807, 2.05) is 30.3 Å². The van der Waals surface area contributed by atoms with Gasteiger partial charge in [-0.3, -0.25) is 9.59 Å². The van der Waals surface area contributed by atoms with Crippen LogP contribution in [0.15, 0.2) is 48.5 Å². The number of benzene rings is 2. The van der Waals surface area contributed by atoms with E-state index in [4.69, 9.17) is 0 Å². The average molecular weight is 371 g/mol. The summed E-state index contributed by atoms with van der Waals surface area (Å²) in [5, 5.41) is 9.57. The zero-order valence-electron chi connectivity index (χ0n) is 14.5. The largest absolute Gasteiger partial charge is 0.481 e. The molecule has 4 unspecified atom stereocenters. The van der Waals surface area contributed by atoms with Gasteiger partial charge in [-0.05, 0) is 35.6 Å². The summed E-state index contributed by atoms with van der Waals surface area (Å²) in [4.78, 5) is 26.1. The van der Waals surface area contributed by atoms with Crippen molar-refractivity contribution in [3.05, 3.63) is 71.3 Å². The van der Waals surface area contributed by atoms with Crippen LogP contribution in [0.4, 0.5) is 8.78 Å². The van der Waals surface area contributed by atoms with Crippen molar-refractivity contribution < 1.29 is 23.5 Å². The van der Waals surface area contributed by atoms with E-state index in [1.165, 1.54) is 6.07 Å². The van der Waals surface area contributed by atoms with Gasteiger partial charge in [0.15, 0.2) is 11.6 Å². The van der Waals surface area contributed by atoms with Crippen molar-refractivity contribution in [2.75, 3.05) is 13.1 Å². The number of hydrogen-bond donors (Lipinski definition) is 1. The van der Waals surface area contributed by atoms with Crippen molar-refractivity contribution in [1.29, 1.82) is 0 Å². The highest BCUT2D eigenvalue weighted by Gasteiger charge is 2.49. The van der Waals surface area contributed by atoms with Crippen LogP contribution in [0.5, 0.6) is 0 Å². The van der Waals surface area contributed by atoms with Crippen molar-refractivity contribution in [3.63, 3.8) is 0 Å². The number of hydrogen-bond acceptors (Lipinski definition) is 2. The fourth-order valence-electron chi connectivity index (χ4n) is 4.09. The Hall–Kier alpha value is -2.76. The SMILES string of the molecule is O=C(O)C1CN(C(=O)C2CC2c2ccc(F)c(F)c2)CC1c1ccccc1. The summed E-state index contributed by atoms with van der Waals surface area (Å²) in [5.74, 6) is -4.14. The topological polar surface area (TPSA) is 57.6 Å². The zero-order valence-corrected chi connectivity index (χ0v) is 14.5. The standard InChI is InChI=1S/C21H19F2NO3/c22-18-7-6-13(8-19(18)23)14-9-15(14)20(25)24-10-16(17(11-24)21(26)27)12-4-2-1-3-5-12/h1-8,14-17H,9-11H2,(H,26,27). The van der Waals surface area contributed by atoms with Gasteiger partial charge in [-0.25, -0.2) is 8.78 Å². The Morgan fingerprint density at radius 3 is 2.30 bits per heavy atom. The molecular formula is C21H19F2NO3. The molecule has 2 aromatic carbocycles. The van der Waals surface area contributed by atoms with E-state index in [9.17, 15) is 23.5 Å². The minimum Gasteiger partial charge on any atom is -0.481 e. The van der Waals surface area contributed by atoms with Crippen molar-refractivity contribution in [1.82, 2.24) is 4.90 Å². The van der Waals surface area contributed by atoms with Gasteiger partial charge in [-0.2, -0.15) is 0 Å². The molecule has 0 radical (unpaired) electrons. The Bertz CT molecular complexity index is 886. The Balaban J connectivity index is 1.48. The smallest absolute Gasteiger partial charge is 0.308 e. The number of carbonyl (C=O) groups excluding carboxylic acids is 1. The number of carbonyl (C=O) groups is 2. The predicted octanol–water partition coefficient (Wildman–Crippen LogP) is 3.40. The highest BCUT2D eigenvalue weighted by Crippen LogP contribution is 2.49. The zero-order chi connectivity index (χ0) is 19.1. The molecule has 1 saturated carbocycles. The number of rotatable bonds is 4. The first kappa shape index (κ1) is 17.6. The molecule has 2 aliphatic rings. The highest BCUT2D eigenvalue weighted by atomic mass is 19.2. The molecule has 1 saturated heterocycles. The van der Waals surface area contributed by atoms with Crippen LogP contribution in [-0.4, -0.2) is 35.0 Å². The van der Waals surface area contributed by atoms with Crippen molar-refractivity contribution in [2.24, 2.45) is 11.8 Å². The Morgan fingerprint density at radius 1 is 0.889 bits per heavy atom. The molecule has 1 aliphatic heterocycles. The van der Waals surface area contributed by atoms with Gasteiger partial charge in [0.2, 0.25) is 5.91 Å². The molecule has 6 heteroatoms. The first-order valence-electron chi connectivity index (χ1n) is 8.97. The number of carboxylic acids is 1. The summed E-state index contributed by atoms with van der Waals surface area (Å²) in [5.41, 5.74) is 1.52. The number of amides is 1. The van der Waals surface area contributed by atoms with Crippen LogP contribution in [0.25, 0.3) is 0 Å². The van der Waals surface area contributed by atoms with Crippen molar-refractivity contribution in [3.8, 4) is 0 Å².